The van der Waals surface area contributed by atoms with Crippen LogP contribution in [-0.4, -0.2) is 5.78 Å². The summed E-state index contributed by atoms with van der Waals surface area (Å²) in [5.41, 5.74) is 1.95. The fourth-order valence-electron chi connectivity index (χ4n) is 2.80. The van der Waals surface area contributed by atoms with E-state index in [9.17, 15) is 9.18 Å². The maximum Gasteiger partial charge on any atom is 0.231 e. The molecule has 3 nitrogen and oxygen atoms in total. The predicted octanol–water partition coefficient (Wildman–Crippen LogP) is 5.67. The van der Waals surface area contributed by atoms with Crippen molar-refractivity contribution in [1.29, 1.82) is 0 Å². The number of halogens is 2. The van der Waals surface area contributed by atoms with Gasteiger partial charge in [-0.15, -0.1) is 0 Å². The third-order valence-electron chi connectivity index (χ3n) is 4.08. The maximum absolute atomic E-state index is 13.3. The summed E-state index contributed by atoms with van der Waals surface area (Å²) < 4.78 is 24.7. The summed E-state index contributed by atoms with van der Waals surface area (Å²) >= 11 is 5.97. The standard InChI is InChI=1S/C22H14ClFO3/c23-16-5-1-4-15(9-16)13-26-18-7-8-19-20(12-18)27-21(22(19)25)11-14-3-2-6-17(24)10-14/h1-12H,13H2/b21-11+. The maximum atomic E-state index is 13.3. The van der Waals surface area contributed by atoms with Crippen LogP contribution in [0.25, 0.3) is 6.08 Å². The molecular weight excluding hydrogens is 367 g/mol. The number of carbonyl (C=O) groups excluding carboxylic acids is 1. The second-order valence-electron chi connectivity index (χ2n) is 6.07. The highest BCUT2D eigenvalue weighted by Crippen LogP contribution is 2.35. The molecule has 0 amide bonds. The topological polar surface area (TPSA) is 35.5 Å². The molecule has 3 aromatic rings. The van der Waals surface area contributed by atoms with Crippen LogP contribution in [0.2, 0.25) is 5.02 Å². The van der Waals surface area contributed by atoms with Gasteiger partial charge in [0.25, 0.3) is 0 Å². The number of allylic oxidation sites excluding steroid dienone is 1. The minimum absolute atomic E-state index is 0.155. The molecule has 0 saturated heterocycles. The molecule has 0 aliphatic carbocycles. The molecular formula is C22H14ClFO3. The van der Waals surface area contributed by atoms with Crippen LogP contribution in [0, 0.1) is 5.82 Å². The zero-order valence-electron chi connectivity index (χ0n) is 14.1. The summed E-state index contributed by atoms with van der Waals surface area (Å²) in [5.74, 6) is 0.544. The number of Topliss-reactive ketones (excluding diaryl/α,β-unsaturated/α-hetero) is 1. The molecule has 1 heterocycles. The summed E-state index contributed by atoms with van der Waals surface area (Å²) in [7, 11) is 0. The average molecular weight is 381 g/mol. The molecule has 0 spiro atoms. The van der Waals surface area contributed by atoms with Crippen molar-refractivity contribution in [2.45, 2.75) is 6.61 Å². The predicted molar refractivity (Wildman–Crippen MR) is 102 cm³/mol. The number of ether oxygens (including phenoxy) is 2. The minimum Gasteiger partial charge on any atom is -0.489 e. The van der Waals surface area contributed by atoms with Crippen molar-refractivity contribution in [3.63, 3.8) is 0 Å². The number of hydrogen-bond donors (Lipinski definition) is 0. The van der Waals surface area contributed by atoms with Crippen molar-refractivity contribution >= 4 is 23.5 Å². The van der Waals surface area contributed by atoms with Crippen LogP contribution < -0.4 is 9.47 Å². The van der Waals surface area contributed by atoms with E-state index in [2.05, 4.69) is 0 Å². The molecule has 1 aliphatic heterocycles. The summed E-state index contributed by atoms with van der Waals surface area (Å²) in [6.45, 7) is 0.347. The van der Waals surface area contributed by atoms with Crippen molar-refractivity contribution in [1.82, 2.24) is 0 Å². The van der Waals surface area contributed by atoms with E-state index in [1.54, 1.807) is 36.4 Å². The largest absolute Gasteiger partial charge is 0.489 e. The Morgan fingerprint density at radius 3 is 2.70 bits per heavy atom. The Bertz CT molecular complexity index is 1060. The lowest BCUT2D eigenvalue weighted by atomic mass is 10.1. The van der Waals surface area contributed by atoms with E-state index < -0.39 is 0 Å². The first-order valence-corrected chi connectivity index (χ1v) is 8.67. The van der Waals surface area contributed by atoms with Crippen LogP contribution in [0.4, 0.5) is 4.39 Å². The Balaban J connectivity index is 1.52. The minimum atomic E-state index is -0.371. The number of ketones is 1. The number of carbonyl (C=O) groups is 1. The van der Waals surface area contributed by atoms with E-state index in [4.69, 9.17) is 21.1 Å². The van der Waals surface area contributed by atoms with E-state index in [0.717, 1.165) is 5.56 Å². The Kier molecular flexibility index (Phi) is 4.65. The van der Waals surface area contributed by atoms with Gasteiger partial charge in [-0.25, -0.2) is 4.39 Å². The van der Waals surface area contributed by atoms with Gasteiger partial charge >= 0.3 is 0 Å². The van der Waals surface area contributed by atoms with Crippen LogP contribution in [0.15, 0.2) is 72.5 Å². The lowest BCUT2D eigenvalue weighted by molar-refractivity contribution is 0.101. The monoisotopic (exact) mass is 380 g/mol. The highest BCUT2D eigenvalue weighted by molar-refractivity contribution is 6.30. The Hall–Kier alpha value is -3.11. The highest BCUT2D eigenvalue weighted by Gasteiger charge is 2.27. The molecule has 0 bridgehead atoms. The molecule has 3 aromatic carbocycles. The van der Waals surface area contributed by atoms with E-state index >= 15 is 0 Å². The number of benzene rings is 3. The van der Waals surface area contributed by atoms with Gasteiger partial charge in [-0.3, -0.25) is 4.79 Å². The molecule has 134 valence electrons. The zero-order chi connectivity index (χ0) is 18.8. The summed E-state index contributed by atoms with van der Waals surface area (Å²) in [4.78, 5) is 12.5. The van der Waals surface area contributed by atoms with Crippen LogP contribution in [0.3, 0.4) is 0 Å². The van der Waals surface area contributed by atoms with Gasteiger partial charge in [-0.05, 0) is 53.6 Å². The van der Waals surface area contributed by atoms with Crippen LogP contribution in [-0.2, 0) is 6.61 Å². The van der Waals surface area contributed by atoms with Crippen LogP contribution in [0.1, 0.15) is 21.5 Å². The van der Waals surface area contributed by atoms with Gasteiger partial charge in [0.05, 0.1) is 5.56 Å². The van der Waals surface area contributed by atoms with Gasteiger partial charge in [0.1, 0.15) is 23.9 Å². The van der Waals surface area contributed by atoms with Gasteiger partial charge in [0, 0.05) is 11.1 Å². The normalized spacial score (nSPS) is 14.1. The van der Waals surface area contributed by atoms with Crippen molar-refractivity contribution < 1.29 is 18.7 Å². The second-order valence-corrected chi connectivity index (χ2v) is 6.51. The first-order valence-electron chi connectivity index (χ1n) is 8.29. The lowest BCUT2D eigenvalue weighted by Crippen LogP contribution is -1.98. The van der Waals surface area contributed by atoms with Crippen molar-refractivity contribution in [3.8, 4) is 11.5 Å². The second kappa shape index (κ2) is 7.25. The lowest BCUT2D eigenvalue weighted by Gasteiger charge is -2.07. The van der Waals surface area contributed by atoms with Gasteiger partial charge in [-0.1, -0.05) is 35.9 Å². The Labute approximate surface area is 160 Å². The fourth-order valence-corrected chi connectivity index (χ4v) is 3.01. The summed E-state index contributed by atoms with van der Waals surface area (Å²) in [6.07, 6.45) is 1.53. The molecule has 0 atom stereocenters. The molecule has 0 fully saturated rings. The van der Waals surface area contributed by atoms with Gasteiger partial charge in [0.2, 0.25) is 5.78 Å². The SMILES string of the molecule is O=C1/C(=C\c2cccc(F)c2)Oc2cc(OCc3cccc(Cl)c3)ccc21. The molecule has 0 unspecified atom stereocenters. The molecule has 0 N–H and O–H groups in total. The zero-order valence-corrected chi connectivity index (χ0v) is 14.9. The number of fused-ring (bicyclic) bond motifs is 1. The smallest absolute Gasteiger partial charge is 0.231 e. The van der Waals surface area contributed by atoms with E-state index in [1.807, 2.05) is 18.2 Å². The van der Waals surface area contributed by atoms with Crippen LogP contribution >= 0.6 is 11.6 Å². The van der Waals surface area contributed by atoms with Crippen molar-refractivity contribution in [3.05, 3.63) is 100 Å². The van der Waals surface area contributed by atoms with Crippen molar-refractivity contribution in [2.24, 2.45) is 0 Å². The molecule has 4 rings (SSSR count). The quantitative estimate of drug-likeness (QED) is 0.547. The molecule has 0 aromatic heterocycles. The first kappa shape index (κ1) is 17.3. The molecule has 27 heavy (non-hydrogen) atoms. The Morgan fingerprint density at radius 2 is 1.89 bits per heavy atom. The van der Waals surface area contributed by atoms with E-state index in [1.165, 1.54) is 18.2 Å². The summed E-state index contributed by atoms with van der Waals surface area (Å²) in [5, 5.41) is 0.645. The van der Waals surface area contributed by atoms with E-state index in [0.29, 0.717) is 34.3 Å². The average Bonchev–Trinajstić information content (AvgIpc) is 2.95. The van der Waals surface area contributed by atoms with Gasteiger partial charge in [0.15, 0.2) is 5.76 Å². The third kappa shape index (κ3) is 3.86. The number of rotatable bonds is 4. The third-order valence-corrected chi connectivity index (χ3v) is 4.32. The van der Waals surface area contributed by atoms with Gasteiger partial charge < -0.3 is 9.47 Å². The summed E-state index contributed by atoms with van der Waals surface area (Å²) in [6, 6.07) is 18.4. The fraction of sp³-hybridized carbons (Fsp3) is 0.0455. The van der Waals surface area contributed by atoms with Crippen LogP contribution in [0.5, 0.6) is 11.5 Å². The highest BCUT2D eigenvalue weighted by atomic mass is 35.5. The van der Waals surface area contributed by atoms with Crippen molar-refractivity contribution in [2.75, 3.05) is 0 Å². The molecule has 1 aliphatic rings. The molecule has 5 heteroatoms. The first-order chi connectivity index (χ1) is 13.1. The Morgan fingerprint density at radius 1 is 1.04 bits per heavy atom. The molecule has 0 radical (unpaired) electrons. The molecule has 0 saturated carbocycles. The number of hydrogen-bond acceptors (Lipinski definition) is 3. The van der Waals surface area contributed by atoms with Gasteiger partial charge in [-0.2, -0.15) is 0 Å². The van der Waals surface area contributed by atoms with E-state index in [-0.39, 0.29) is 17.4 Å².